The van der Waals surface area contributed by atoms with E-state index in [-0.39, 0.29) is 5.41 Å². The minimum Gasteiger partial charge on any atom is -0.310 e. The second-order valence-corrected chi connectivity index (χ2v) is 19.6. The van der Waals surface area contributed by atoms with E-state index >= 15 is 0 Å². The van der Waals surface area contributed by atoms with Crippen molar-refractivity contribution in [1.82, 2.24) is 0 Å². The molecule has 1 nitrogen and oxygen atoms in total. The standard InChI is InChI=1S/C65H45N/c1-38-24-28-43(29-25-38)66(44-30-26-42(27-31-44)65(2,3)4)54-37-36-51-58-49(54)22-13-23-50(58)61-56(40-14-7-5-8-15-40)63-52-34-32-47-45-20-11-18-39-19-12-21-46(55(39)45)48-33-35-53(60(52)59(47)48)64(63)57(62(51)61)41-16-9-6-10-17-41/h5-37H,1-4H3. The number of hydrogen-bond donors (Lipinski definition) is 0. The SMILES string of the molecule is Cc1ccc(N(c2ccc(C(C)(C)C)cc2)c2ccc3c4c(-c5ccccc5)c5c6ccc7c8cccc9cccc(c%10ccc(c5c(-c5ccccc5)c4c4cccc2c43)c6c%107)c98)cc1. The van der Waals surface area contributed by atoms with Crippen LogP contribution in [0.3, 0.4) is 0 Å². The van der Waals surface area contributed by atoms with Gasteiger partial charge in [-0.1, -0.05) is 196 Å². The van der Waals surface area contributed by atoms with Gasteiger partial charge in [0.1, 0.15) is 0 Å². The lowest BCUT2D eigenvalue weighted by Crippen LogP contribution is -2.13. The van der Waals surface area contributed by atoms with Gasteiger partial charge in [0.25, 0.3) is 0 Å². The molecule has 310 valence electrons. The first-order valence-corrected chi connectivity index (χ1v) is 23.3. The van der Waals surface area contributed by atoms with Crippen LogP contribution in [0, 0.1) is 6.92 Å². The predicted molar refractivity (Wildman–Crippen MR) is 287 cm³/mol. The Morgan fingerprint density at radius 1 is 0.303 bits per heavy atom. The van der Waals surface area contributed by atoms with Gasteiger partial charge in [-0.3, -0.25) is 0 Å². The highest BCUT2D eigenvalue weighted by atomic mass is 15.1. The quantitative estimate of drug-likeness (QED) is 0.123. The van der Waals surface area contributed by atoms with Crippen molar-refractivity contribution < 1.29 is 0 Å². The van der Waals surface area contributed by atoms with Crippen molar-refractivity contribution in [1.29, 1.82) is 0 Å². The number of rotatable bonds is 5. The summed E-state index contributed by atoms with van der Waals surface area (Å²) in [4.78, 5) is 2.46. The fourth-order valence-electron chi connectivity index (χ4n) is 12.0. The summed E-state index contributed by atoms with van der Waals surface area (Å²) in [5.74, 6) is 0. The highest BCUT2D eigenvalue weighted by molar-refractivity contribution is 6.49. The number of nitrogens with zero attached hydrogens (tertiary/aromatic N) is 1. The van der Waals surface area contributed by atoms with Crippen LogP contribution in [-0.2, 0) is 5.41 Å². The topological polar surface area (TPSA) is 3.24 Å². The Balaban J connectivity index is 1.17. The van der Waals surface area contributed by atoms with E-state index in [1.165, 1.54) is 136 Å². The summed E-state index contributed by atoms with van der Waals surface area (Å²) in [5.41, 5.74) is 11.2. The minimum absolute atomic E-state index is 0.0559. The highest BCUT2D eigenvalue weighted by Gasteiger charge is 2.30. The first-order chi connectivity index (χ1) is 32.3. The van der Waals surface area contributed by atoms with Crippen LogP contribution >= 0.6 is 0 Å². The molecule has 66 heavy (non-hydrogen) atoms. The molecule has 0 unspecified atom stereocenters. The third-order valence-electron chi connectivity index (χ3n) is 14.9. The molecular weight excluding hydrogens is 795 g/mol. The second kappa shape index (κ2) is 13.5. The van der Waals surface area contributed by atoms with Crippen LogP contribution in [0.4, 0.5) is 17.1 Å². The minimum atomic E-state index is 0.0559. The van der Waals surface area contributed by atoms with Crippen LogP contribution in [0.15, 0.2) is 200 Å². The summed E-state index contributed by atoms with van der Waals surface area (Å²) in [5, 5.41) is 23.7. The highest BCUT2D eigenvalue weighted by Crippen LogP contribution is 2.58. The fraction of sp³-hybridized carbons (Fsp3) is 0.0769. The molecule has 0 saturated heterocycles. The molecule has 14 rings (SSSR count). The largest absolute Gasteiger partial charge is 0.310 e. The molecule has 0 aromatic heterocycles. The van der Waals surface area contributed by atoms with Gasteiger partial charge in [-0.2, -0.15) is 0 Å². The van der Waals surface area contributed by atoms with Crippen molar-refractivity contribution in [2.75, 3.05) is 4.90 Å². The normalized spacial score (nSPS) is 12.5. The molecule has 0 radical (unpaired) electrons. The summed E-state index contributed by atoms with van der Waals surface area (Å²) in [7, 11) is 0. The molecule has 0 aliphatic heterocycles. The molecule has 0 N–H and O–H groups in total. The van der Waals surface area contributed by atoms with Crippen molar-refractivity contribution >= 4 is 114 Å². The Bertz CT molecular complexity index is 4040. The zero-order valence-electron chi connectivity index (χ0n) is 37.5. The maximum atomic E-state index is 2.46. The Kier molecular flexibility index (Phi) is 7.66. The number of anilines is 3. The van der Waals surface area contributed by atoms with E-state index in [0.717, 1.165) is 11.4 Å². The van der Waals surface area contributed by atoms with Crippen molar-refractivity contribution in [2.45, 2.75) is 33.1 Å². The third kappa shape index (κ3) is 5.06. The van der Waals surface area contributed by atoms with Crippen LogP contribution in [-0.4, -0.2) is 0 Å². The van der Waals surface area contributed by atoms with Gasteiger partial charge >= 0.3 is 0 Å². The van der Waals surface area contributed by atoms with E-state index in [1.54, 1.807) is 0 Å². The fourth-order valence-corrected chi connectivity index (χ4v) is 12.0. The zero-order valence-corrected chi connectivity index (χ0v) is 37.5. The Hall–Kier alpha value is -8.00. The molecule has 0 bridgehead atoms. The molecule has 0 amide bonds. The zero-order chi connectivity index (χ0) is 44.0. The van der Waals surface area contributed by atoms with E-state index in [1.807, 2.05) is 0 Å². The lowest BCUT2D eigenvalue weighted by Gasteiger charge is -2.28. The van der Waals surface area contributed by atoms with Crippen LogP contribution in [0.2, 0.25) is 0 Å². The molecule has 0 aliphatic rings. The molecule has 0 heterocycles. The van der Waals surface area contributed by atoms with Gasteiger partial charge in [0.15, 0.2) is 0 Å². The van der Waals surface area contributed by atoms with Crippen LogP contribution in [0.25, 0.3) is 119 Å². The molecule has 0 spiro atoms. The molecule has 0 saturated carbocycles. The number of benzene rings is 12. The van der Waals surface area contributed by atoms with Crippen molar-refractivity contribution in [3.63, 3.8) is 0 Å². The lowest BCUT2D eigenvalue weighted by molar-refractivity contribution is 0.590. The number of fused-ring (bicyclic) bond motifs is 8. The average Bonchev–Trinajstić information content (AvgIpc) is 3.87. The van der Waals surface area contributed by atoms with E-state index in [0.29, 0.717) is 0 Å². The van der Waals surface area contributed by atoms with Crippen molar-refractivity contribution in [3.8, 4) is 22.3 Å². The van der Waals surface area contributed by atoms with E-state index in [4.69, 9.17) is 0 Å². The van der Waals surface area contributed by atoms with Gasteiger partial charge in [-0.25, -0.2) is 0 Å². The van der Waals surface area contributed by atoms with Crippen LogP contribution in [0.5, 0.6) is 0 Å². The summed E-state index contributed by atoms with van der Waals surface area (Å²) < 4.78 is 0. The molecule has 14 aromatic carbocycles. The first kappa shape index (κ1) is 37.4. The molecule has 0 aliphatic carbocycles. The molecule has 0 fully saturated rings. The lowest BCUT2D eigenvalue weighted by atomic mass is 9.87. The van der Waals surface area contributed by atoms with Gasteiger partial charge in [0.05, 0.1) is 5.69 Å². The number of hydrogen-bond acceptors (Lipinski definition) is 1. The summed E-state index contributed by atoms with van der Waals surface area (Å²) in [6.45, 7) is 9.02. The second-order valence-electron chi connectivity index (χ2n) is 19.6. The summed E-state index contributed by atoms with van der Waals surface area (Å²) >= 11 is 0. The monoisotopic (exact) mass is 839 g/mol. The molecule has 0 atom stereocenters. The molecular formula is C65H45N. The maximum absolute atomic E-state index is 2.46. The van der Waals surface area contributed by atoms with Gasteiger partial charge in [-0.05, 0) is 162 Å². The van der Waals surface area contributed by atoms with Gasteiger partial charge in [-0.15, -0.1) is 0 Å². The molecule has 1 heteroatoms. The van der Waals surface area contributed by atoms with Crippen molar-refractivity contribution in [3.05, 3.63) is 211 Å². The molecule has 14 aromatic rings. The Morgan fingerprint density at radius 3 is 1.26 bits per heavy atom. The Labute approximate surface area is 383 Å². The van der Waals surface area contributed by atoms with Gasteiger partial charge in [0, 0.05) is 16.8 Å². The third-order valence-corrected chi connectivity index (χ3v) is 14.9. The van der Waals surface area contributed by atoms with E-state index in [2.05, 4.69) is 233 Å². The van der Waals surface area contributed by atoms with Crippen molar-refractivity contribution in [2.24, 2.45) is 0 Å². The average molecular weight is 840 g/mol. The van der Waals surface area contributed by atoms with E-state index in [9.17, 15) is 0 Å². The Morgan fingerprint density at radius 2 is 0.712 bits per heavy atom. The summed E-state index contributed by atoms with van der Waals surface area (Å²) in [6, 6.07) is 75.8. The van der Waals surface area contributed by atoms with Gasteiger partial charge in [0.2, 0.25) is 0 Å². The van der Waals surface area contributed by atoms with Crippen LogP contribution in [0.1, 0.15) is 31.9 Å². The first-order valence-electron chi connectivity index (χ1n) is 23.3. The number of aryl methyl sites for hydroxylation is 1. The maximum Gasteiger partial charge on any atom is 0.0540 e. The summed E-state index contributed by atoms with van der Waals surface area (Å²) in [6.07, 6.45) is 0. The van der Waals surface area contributed by atoms with E-state index < -0.39 is 0 Å². The van der Waals surface area contributed by atoms with Crippen LogP contribution < -0.4 is 4.90 Å². The smallest absolute Gasteiger partial charge is 0.0540 e. The van der Waals surface area contributed by atoms with Gasteiger partial charge < -0.3 is 4.90 Å². The predicted octanol–water partition coefficient (Wildman–Crippen LogP) is 18.8.